The van der Waals surface area contributed by atoms with Crippen molar-refractivity contribution in [1.82, 2.24) is 20.8 Å². The molecule has 0 aliphatic carbocycles. The van der Waals surface area contributed by atoms with Gasteiger partial charge in [0, 0.05) is 23.2 Å². The summed E-state index contributed by atoms with van der Waals surface area (Å²) in [5, 5.41) is 14.0. The molecule has 1 aromatic heterocycles. The van der Waals surface area contributed by atoms with Crippen LogP contribution in [0.15, 0.2) is 33.9 Å². The van der Waals surface area contributed by atoms with Gasteiger partial charge in [0.2, 0.25) is 11.8 Å². The highest BCUT2D eigenvalue weighted by Crippen LogP contribution is 2.24. The van der Waals surface area contributed by atoms with Crippen molar-refractivity contribution in [3.05, 3.63) is 40.7 Å². The predicted molar refractivity (Wildman–Crippen MR) is 88.6 cm³/mol. The molecule has 1 fully saturated rings. The van der Waals surface area contributed by atoms with Crippen LogP contribution in [0.25, 0.3) is 0 Å². The first-order valence-electron chi connectivity index (χ1n) is 7.32. The van der Waals surface area contributed by atoms with Crippen molar-refractivity contribution in [3.8, 4) is 0 Å². The minimum atomic E-state index is -0.480. The van der Waals surface area contributed by atoms with Crippen LogP contribution in [0.2, 0.25) is 5.02 Å². The summed E-state index contributed by atoms with van der Waals surface area (Å²) >= 11 is 7.35. The van der Waals surface area contributed by atoms with Crippen LogP contribution in [0, 0.1) is 5.92 Å². The average molecular weight is 367 g/mol. The molecule has 3 rings (SSSR count). The van der Waals surface area contributed by atoms with Gasteiger partial charge in [0.1, 0.15) is 0 Å². The first-order valence-corrected chi connectivity index (χ1v) is 8.68. The minimum Gasteiger partial charge on any atom is -0.416 e. The van der Waals surface area contributed by atoms with E-state index in [4.69, 9.17) is 16.0 Å². The zero-order chi connectivity index (χ0) is 17.1. The molecule has 2 N–H and O–H groups in total. The molecule has 7 nitrogen and oxygen atoms in total. The molecule has 1 aromatic carbocycles. The topological polar surface area (TPSA) is 97.1 Å². The molecule has 3 amide bonds. The maximum Gasteiger partial charge on any atom is 0.321 e. The van der Waals surface area contributed by atoms with Gasteiger partial charge in [-0.2, -0.15) is 0 Å². The number of nitrogens with zero attached hydrogens (tertiary/aromatic N) is 2. The number of thioether (sulfide) groups is 1. The van der Waals surface area contributed by atoms with Crippen LogP contribution in [0.1, 0.15) is 18.4 Å². The third kappa shape index (κ3) is 4.07. The average Bonchev–Trinajstić information content (AvgIpc) is 2.97. The summed E-state index contributed by atoms with van der Waals surface area (Å²) in [7, 11) is 0. The Morgan fingerprint density at radius 3 is 2.92 bits per heavy atom. The molecule has 0 bridgehead atoms. The fourth-order valence-electron chi connectivity index (χ4n) is 2.38. The van der Waals surface area contributed by atoms with E-state index < -0.39 is 11.9 Å². The van der Waals surface area contributed by atoms with Crippen LogP contribution < -0.4 is 10.6 Å². The molecule has 2 aromatic rings. The number of halogens is 1. The number of hydrogen-bond acceptors (Lipinski definition) is 6. The van der Waals surface area contributed by atoms with Gasteiger partial charge in [-0.1, -0.05) is 35.5 Å². The van der Waals surface area contributed by atoms with Gasteiger partial charge in [0.25, 0.3) is 5.22 Å². The molecule has 24 heavy (non-hydrogen) atoms. The lowest BCUT2D eigenvalue weighted by atomic mass is 9.95. The first kappa shape index (κ1) is 16.8. The lowest BCUT2D eigenvalue weighted by Crippen LogP contribution is -2.57. The van der Waals surface area contributed by atoms with Crippen molar-refractivity contribution in [2.45, 2.75) is 30.4 Å². The van der Waals surface area contributed by atoms with Gasteiger partial charge in [0.15, 0.2) is 0 Å². The number of nitrogens with one attached hydrogen (secondary N) is 2. The van der Waals surface area contributed by atoms with E-state index in [-0.39, 0.29) is 18.4 Å². The smallest absolute Gasteiger partial charge is 0.321 e. The molecule has 1 saturated heterocycles. The Morgan fingerprint density at radius 2 is 2.17 bits per heavy atom. The Balaban J connectivity index is 1.59. The highest BCUT2D eigenvalue weighted by Gasteiger charge is 2.33. The van der Waals surface area contributed by atoms with Gasteiger partial charge in [-0.15, -0.1) is 10.2 Å². The molecule has 0 radical (unpaired) electrons. The normalized spacial score (nSPS) is 20.6. The second-order valence-corrected chi connectivity index (χ2v) is 6.81. The summed E-state index contributed by atoms with van der Waals surface area (Å²) in [6.45, 7) is 1.77. The minimum absolute atomic E-state index is 0.276. The van der Waals surface area contributed by atoms with Gasteiger partial charge >= 0.3 is 6.03 Å². The van der Waals surface area contributed by atoms with Crippen LogP contribution >= 0.6 is 23.4 Å². The molecule has 0 spiro atoms. The monoisotopic (exact) mass is 366 g/mol. The second-order valence-electron chi connectivity index (χ2n) is 5.44. The van der Waals surface area contributed by atoms with Gasteiger partial charge in [-0.3, -0.25) is 10.1 Å². The number of carbonyl (C=O) groups is 2. The van der Waals surface area contributed by atoms with Crippen molar-refractivity contribution >= 4 is 35.3 Å². The summed E-state index contributed by atoms with van der Waals surface area (Å²) in [4.78, 5) is 23.1. The fourth-order valence-corrected chi connectivity index (χ4v) is 3.32. The van der Waals surface area contributed by atoms with Gasteiger partial charge < -0.3 is 9.73 Å². The summed E-state index contributed by atoms with van der Waals surface area (Å²) < 4.78 is 5.58. The van der Waals surface area contributed by atoms with Crippen molar-refractivity contribution in [2.24, 2.45) is 5.92 Å². The van der Waals surface area contributed by atoms with Gasteiger partial charge in [0.05, 0.1) is 5.92 Å². The van der Waals surface area contributed by atoms with Crippen molar-refractivity contribution in [2.75, 3.05) is 0 Å². The number of amides is 3. The first-order chi connectivity index (χ1) is 11.5. The van der Waals surface area contributed by atoms with Crippen LogP contribution in [0.4, 0.5) is 4.79 Å². The Kier molecular flexibility index (Phi) is 5.06. The number of urea groups is 1. The third-order valence-electron chi connectivity index (χ3n) is 3.63. The van der Waals surface area contributed by atoms with E-state index in [1.54, 1.807) is 6.92 Å². The maximum atomic E-state index is 11.9. The molecule has 2 atom stereocenters. The van der Waals surface area contributed by atoms with E-state index in [0.29, 0.717) is 21.9 Å². The standard InChI is InChI=1S/C15H15ClN4O3S/c1-8-11(13(21)18-14(22)17-8)6-12-19-20-15(23-12)24-7-9-3-2-4-10(16)5-9/h2-5,8,11H,6-7H2,1H3,(H2,17,18,21,22). The van der Waals surface area contributed by atoms with E-state index in [1.807, 2.05) is 24.3 Å². The summed E-state index contributed by atoms with van der Waals surface area (Å²) in [5.41, 5.74) is 1.05. The predicted octanol–water partition coefficient (Wildman–Crippen LogP) is 2.40. The van der Waals surface area contributed by atoms with Gasteiger partial charge in [-0.25, -0.2) is 4.79 Å². The van der Waals surface area contributed by atoms with E-state index in [9.17, 15) is 9.59 Å². The summed E-state index contributed by atoms with van der Waals surface area (Å²) in [6, 6.07) is 6.77. The van der Waals surface area contributed by atoms with E-state index >= 15 is 0 Å². The van der Waals surface area contributed by atoms with Crippen LogP contribution in [-0.4, -0.2) is 28.2 Å². The highest BCUT2D eigenvalue weighted by molar-refractivity contribution is 7.98. The van der Waals surface area contributed by atoms with Crippen LogP contribution in [0.3, 0.4) is 0 Å². The zero-order valence-corrected chi connectivity index (χ0v) is 14.4. The Morgan fingerprint density at radius 1 is 1.33 bits per heavy atom. The zero-order valence-electron chi connectivity index (χ0n) is 12.8. The Hall–Kier alpha value is -2.06. The molecular weight excluding hydrogens is 352 g/mol. The summed E-state index contributed by atoms with van der Waals surface area (Å²) in [6.07, 6.45) is 0.276. The molecule has 1 aliphatic rings. The number of carbonyl (C=O) groups excluding carboxylic acids is 2. The van der Waals surface area contributed by atoms with Crippen molar-refractivity contribution in [1.29, 1.82) is 0 Å². The molecule has 1 aliphatic heterocycles. The second kappa shape index (κ2) is 7.23. The largest absolute Gasteiger partial charge is 0.416 e. The van der Waals surface area contributed by atoms with Crippen molar-refractivity contribution < 1.29 is 14.0 Å². The number of imide groups is 1. The molecule has 2 unspecified atom stereocenters. The van der Waals surface area contributed by atoms with E-state index in [1.165, 1.54) is 11.8 Å². The number of hydrogen-bond donors (Lipinski definition) is 2. The third-order valence-corrected chi connectivity index (χ3v) is 4.75. The Labute approximate surface area is 147 Å². The van der Waals surface area contributed by atoms with Gasteiger partial charge in [-0.05, 0) is 24.6 Å². The number of aromatic nitrogens is 2. The lowest BCUT2D eigenvalue weighted by Gasteiger charge is -2.27. The Bertz CT molecular complexity index is 767. The molecule has 9 heteroatoms. The number of rotatable bonds is 5. The molecular formula is C15H15ClN4O3S. The fraction of sp³-hybridized carbons (Fsp3) is 0.333. The SMILES string of the molecule is CC1NC(=O)NC(=O)C1Cc1nnc(SCc2cccc(Cl)c2)o1. The van der Waals surface area contributed by atoms with E-state index in [2.05, 4.69) is 20.8 Å². The quantitative estimate of drug-likeness (QED) is 0.788. The summed E-state index contributed by atoms with van der Waals surface area (Å²) in [5.74, 6) is 0.247. The highest BCUT2D eigenvalue weighted by atomic mass is 35.5. The van der Waals surface area contributed by atoms with Crippen molar-refractivity contribution in [3.63, 3.8) is 0 Å². The lowest BCUT2D eigenvalue weighted by molar-refractivity contribution is -0.125. The van der Waals surface area contributed by atoms with E-state index in [0.717, 1.165) is 5.56 Å². The number of benzene rings is 1. The van der Waals surface area contributed by atoms with Crippen LogP contribution in [-0.2, 0) is 17.0 Å². The van der Waals surface area contributed by atoms with Crippen LogP contribution in [0.5, 0.6) is 0 Å². The molecule has 2 heterocycles. The molecule has 0 saturated carbocycles. The maximum absolute atomic E-state index is 11.9. The molecule has 126 valence electrons.